The van der Waals surface area contributed by atoms with E-state index in [1.807, 2.05) is 11.3 Å². The number of hydrogen-bond acceptors (Lipinski definition) is 1. The van der Waals surface area contributed by atoms with Crippen LogP contribution in [0.1, 0.15) is 12.5 Å². The molecule has 1 aromatic heterocycles. The van der Waals surface area contributed by atoms with Crippen molar-refractivity contribution in [1.82, 2.24) is 0 Å². The summed E-state index contributed by atoms with van der Waals surface area (Å²) in [6, 6.07) is 4.45. The maximum absolute atomic E-state index is 2.44. The fourth-order valence-corrected chi connectivity index (χ4v) is 3.94. The minimum Gasteiger partial charge on any atom is -0.142 e. The third kappa shape index (κ3) is 1.74. The molecule has 0 atom stereocenters. The number of fused-ring (bicyclic) bond motifs is 1. The molecule has 0 saturated heterocycles. The quantitative estimate of drug-likeness (QED) is 0.596. The highest BCUT2D eigenvalue weighted by molar-refractivity contribution is 14.1. The molecule has 0 unspecified atom stereocenters. The Hall–Kier alpha value is 0.640. The van der Waals surface area contributed by atoms with Crippen molar-refractivity contribution in [3.05, 3.63) is 30.2 Å². The van der Waals surface area contributed by atoms with Gasteiger partial charge < -0.3 is 0 Å². The van der Waals surface area contributed by atoms with Crippen LogP contribution in [0.5, 0.6) is 0 Å². The molecule has 13 heavy (non-hydrogen) atoms. The average Bonchev–Trinajstić information content (AvgIpc) is 2.55. The minimum atomic E-state index is 1.14. The highest BCUT2D eigenvalue weighted by Gasteiger charge is 2.07. The Morgan fingerprint density at radius 3 is 2.77 bits per heavy atom. The molecule has 0 nitrogen and oxygen atoms in total. The van der Waals surface area contributed by atoms with Crippen LogP contribution in [-0.2, 0) is 6.42 Å². The van der Waals surface area contributed by atoms with Gasteiger partial charge in [0.25, 0.3) is 0 Å². The van der Waals surface area contributed by atoms with E-state index in [4.69, 9.17) is 0 Å². The molecule has 2 aromatic rings. The zero-order chi connectivity index (χ0) is 9.42. The summed E-state index contributed by atoms with van der Waals surface area (Å²) >= 11 is 6.70. The van der Waals surface area contributed by atoms with Crippen LogP contribution in [0.4, 0.5) is 0 Å². The number of thiophene rings is 1. The SMILES string of the molecule is CCc1csc2c(I)c(I)ccc12. The van der Waals surface area contributed by atoms with Gasteiger partial charge in [0.1, 0.15) is 0 Å². The van der Waals surface area contributed by atoms with Gasteiger partial charge in [-0.05, 0) is 74.0 Å². The van der Waals surface area contributed by atoms with Crippen molar-refractivity contribution in [1.29, 1.82) is 0 Å². The van der Waals surface area contributed by atoms with Crippen LogP contribution in [0.3, 0.4) is 0 Å². The third-order valence-electron chi connectivity index (χ3n) is 2.10. The van der Waals surface area contributed by atoms with E-state index in [1.54, 1.807) is 0 Å². The van der Waals surface area contributed by atoms with Crippen molar-refractivity contribution >= 4 is 66.6 Å². The molecule has 0 N–H and O–H groups in total. The van der Waals surface area contributed by atoms with Gasteiger partial charge in [-0.3, -0.25) is 0 Å². The summed E-state index contributed by atoms with van der Waals surface area (Å²) in [6.45, 7) is 2.21. The van der Waals surface area contributed by atoms with Gasteiger partial charge in [0.15, 0.2) is 0 Å². The van der Waals surface area contributed by atoms with Gasteiger partial charge in [-0.2, -0.15) is 0 Å². The smallest absolute Gasteiger partial charge is 0.0489 e. The summed E-state index contributed by atoms with van der Waals surface area (Å²) in [5.41, 5.74) is 1.48. The molecule has 0 saturated carbocycles. The lowest BCUT2D eigenvalue weighted by atomic mass is 10.1. The molecular formula is C10H8I2S. The van der Waals surface area contributed by atoms with Gasteiger partial charge >= 0.3 is 0 Å². The van der Waals surface area contributed by atoms with Gasteiger partial charge in [0, 0.05) is 11.8 Å². The molecule has 3 heteroatoms. The summed E-state index contributed by atoms with van der Waals surface area (Å²) in [5, 5.41) is 3.72. The predicted octanol–water partition coefficient (Wildman–Crippen LogP) is 4.67. The molecule has 0 aliphatic heterocycles. The first-order chi connectivity index (χ1) is 6.24. The summed E-state index contributed by atoms with van der Waals surface area (Å²) in [4.78, 5) is 0. The monoisotopic (exact) mass is 414 g/mol. The summed E-state index contributed by atoms with van der Waals surface area (Å²) < 4.78 is 4.21. The largest absolute Gasteiger partial charge is 0.142 e. The molecule has 0 amide bonds. The molecule has 0 bridgehead atoms. The van der Waals surface area contributed by atoms with E-state index in [0.717, 1.165) is 6.42 Å². The van der Waals surface area contributed by atoms with E-state index in [2.05, 4.69) is 69.6 Å². The van der Waals surface area contributed by atoms with Gasteiger partial charge in [-0.25, -0.2) is 0 Å². The standard InChI is InChI=1S/C10H8I2S/c1-2-6-5-13-10-7(6)3-4-8(11)9(10)12/h3-5H,2H2,1H3. The first kappa shape index (κ1) is 10.2. The first-order valence-electron chi connectivity index (χ1n) is 4.08. The lowest BCUT2D eigenvalue weighted by Crippen LogP contribution is -1.80. The molecule has 0 aliphatic rings. The Labute approximate surface area is 109 Å². The molecule has 68 valence electrons. The number of rotatable bonds is 1. The second kappa shape index (κ2) is 4.02. The average molecular weight is 414 g/mol. The van der Waals surface area contributed by atoms with E-state index in [1.165, 1.54) is 22.8 Å². The third-order valence-corrected chi connectivity index (χ3v) is 6.58. The van der Waals surface area contributed by atoms with Crippen LogP contribution in [0, 0.1) is 7.14 Å². The van der Waals surface area contributed by atoms with E-state index in [0.29, 0.717) is 0 Å². The van der Waals surface area contributed by atoms with Gasteiger partial charge in [-0.15, -0.1) is 11.3 Å². The Bertz CT molecular complexity index is 445. The molecule has 2 rings (SSSR count). The number of aryl methyl sites for hydroxylation is 1. The van der Waals surface area contributed by atoms with Crippen LogP contribution >= 0.6 is 56.5 Å². The van der Waals surface area contributed by atoms with E-state index < -0.39 is 0 Å². The van der Waals surface area contributed by atoms with Crippen molar-refractivity contribution in [2.75, 3.05) is 0 Å². The number of benzene rings is 1. The highest BCUT2D eigenvalue weighted by Crippen LogP contribution is 2.32. The van der Waals surface area contributed by atoms with Crippen LogP contribution in [-0.4, -0.2) is 0 Å². The molecule has 1 aromatic carbocycles. The highest BCUT2D eigenvalue weighted by atomic mass is 127. The normalized spacial score (nSPS) is 11.0. The van der Waals surface area contributed by atoms with Crippen LogP contribution in [0.2, 0.25) is 0 Å². The van der Waals surface area contributed by atoms with Gasteiger partial charge in [-0.1, -0.05) is 13.0 Å². The molecule has 1 heterocycles. The Balaban J connectivity index is 2.81. The molecule has 0 spiro atoms. The van der Waals surface area contributed by atoms with Crippen LogP contribution in [0.15, 0.2) is 17.5 Å². The van der Waals surface area contributed by atoms with Crippen molar-refractivity contribution in [2.45, 2.75) is 13.3 Å². The number of hydrogen-bond donors (Lipinski definition) is 0. The zero-order valence-electron chi connectivity index (χ0n) is 7.10. The van der Waals surface area contributed by atoms with Gasteiger partial charge in [0.2, 0.25) is 0 Å². The van der Waals surface area contributed by atoms with Crippen LogP contribution in [0.25, 0.3) is 10.1 Å². The van der Waals surface area contributed by atoms with E-state index >= 15 is 0 Å². The maximum atomic E-state index is 2.44. The van der Waals surface area contributed by atoms with Gasteiger partial charge in [0.05, 0.1) is 0 Å². The Morgan fingerprint density at radius 2 is 2.08 bits per heavy atom. The van der Waals surface area contributed by atoms with E-state index in [9.17, 15) is 0 Å². The second-order valence-corrected chi connectivity index (χ2v) is 5.97. The Kier molecular flexibility index (Phi) is 3.14. The van der Waals surface area contributed by atoms with Crippen LogP contribution < -0.4 is 0 Å². The molecule has 0 radical (unpaired) electrons. The van der Waals surface area contributed by atoms with Crippen molar-refractivity contribution in [2.24, 2.45) is 0 Å². The predicted molar refractivity (Wildman–Crippen MR) is 76.6 cm³/mol. The van der Waals surface area contributed by atoms with Crippen molar-refractivity contribution < 1.29 is 0 Å². The fraction of sp³-hybridized carbons (Fsp3) is 0.200. The topological polar surface area (TPSA) is 0 Å². The second-order valence-electron chi connectivity index (χ2n) is 2.85. The maximum Gasteiger partial charge on any atom is 0.0489 e. The van der Waals surface area contributed by atoms with Crippen molar-refractivity contribution in [3.63, 3.8) is 0 Å². The van der Waals surface area contributed by atoms with Crippen molar-refractivity contribution in [3.8, 4) is 0 Å². The molecular weight excluding hydrogens is 406 g/mol. The molecule has 0 fully saturated rings. The summed E-state index contributed by atoms with van der Waals surface area (Å²) in [7, 11) is 0. The lowest BCUT2D eigenvalue weighted by Gasteiger charge is -1.98. The van der Waals surface area contributed by atoms with E-state index in [-0.39, 0.29) is 0 Å². The fourth-order valence-electron chi connectivity index (χ4n) is 1.37. The summed E-state index contributed by atoms with van der Waals surface area (Å²) in [6.07, 6.45) is 1.14. The zero-order valence-corrected chi connectivity index (χ0v) is 12.2. The molecule has 0 aliphatic carbocycles. The first-order valence-corrected chi connectivity index (χ1v) is 7.11. The number of halogens is 2. The lowest BCUT2D eigenvalue weighted by molar-refractivity contribution is 1.17. The summed E-state index contributed by atoms with van der Waals surface area (Å²) in [5.74, 6) is 0. The Morgan fingerprint density at radius 1 is 1.31 bits per heavy atom. The minimum absolute atomic E-state index is 1.14.